The van der Waals surface area contributed by atoms with Crippen LogP contribution in [0, 0.1) is 40.4 Å². The van der Waals surface area contributed by atoms with E-state index in [9.17, 15) is 10.2 Å². The summed E-state index contributed by atoms with van der Waals surface area (Å²) in [6.07, 6.45) is 7.40. The van der Waals surface area contributed by atoms with E-state index in [-0.39, 0.29) is 40.2 Å². The zero-order chi connectivity index (χ0) is 23.8. The normalized spacial score (nSPS) is 58.0. The Bertz CT molecular complexity index is 870. The lowest BCUT2D eigenvalue weighted by Crippen LogP contribution is -2.67. The molecule has 4 heteroatoms. The summed E-state index contributed by atoms with van der Waals surface area (Å²) in [4.78, 5) is 0. The van der Waals surface area contributed by atoms with E-state index < -0.39 is 11.7 Å². The lowest BCUT2D eigenvalue weighted by atomic mass is 9.43. The van der Waals surface area contributed by atoms with Gasteiger partial charge in [-0.25, -0.2) is 0 Å². The predicted molar refractivity (Wildman–Crippen MR) is 129 cm³/mol. The van der Waals surface area contributed by atoms with Gasteiger partial charge in [0.05, 0.1) is 18.3 Å². The highest BCUT2D eigenvalue weighted by Gasteiger charge is 3.00. The molecule has 6 aliphatic rings. The summed E-state index contributed by atoms with van der Waals surface area (Å²) in [5.74, 6) is 2.79. The first kappa shape index (κ1) is 23.0. The van der Waals surface area contributed by atoms with Crippen LogP contribution in [-0.4, -0.2) is 45.3 Å². The molecule has 0 aromatic rings. The molecular formula is C29H46O4. The first-order valence-electron chi connectivity index (χ1n) is 13.8. The fourth-order valence-corrected chi connectivity index (χ4v) is 10.3. The third-order valence-electron chi connectivity index (χ3n) is 12.6. The van der Waals surface area contributed by atoms with Crippen LogP contribution in [0.3, 0.4) is 0 Å². The Morgan fingerprint density at radius 3 is 2.42 bits per heavy atom. The van der Waals surface area contributed by atoms with E-state index in [1.54, 1.807) is 0 Å². The molecule has 3 spiro atoms. The minimum atomic E-state index is -0.457. The van der Waals surface area contributed by atoms with Gasteiger partial charge in [0.15, 0.2) is 0 Å². The van der Waals surface area contributed by atoms with E-state index in [2.05, 4.69) is 48.1 Å². The standard InChI is InChI=1S/C29H46O4/c1-16(2)17(3)8-9-18(4)21-14-23(31)28-26(21,7)15-24-29(32-24)25(6)12-11-22(30)19(5)20(25)10-13-27(28,29)33-28/h16-18,20-24,30-31H,5,8-15H2,1-4,6-7H3. The number of aliphatic hydroxyl groups is 2. The summed E-state index contributed by atoms with van der Waals surface area (Å²) in [5, 5.41) is 22.2. The van der Waals surface area contributed by atoms with Crippen LogP contribution in [0.5, 0.6) is 0 Å². The first-order chi connectivity index (χ1) is 15.4. The van der Waals surface area contributed by atoms with Crippen molar-refractivity contribution in [1.29, 1.82) is 0 Å². The maximum atomic E-state index is 11.7. The van der Waals surface area contributed by atoms with E-state index in [1.807, 2.05) is 0 Å². The Hall–Kier alpha value is -0.420. The monoisotopic (exact) mass is 458 g/mol. The Labute approximate surface area is 200 Å². The Morgan fingerprint density at radius 1 is 1.00 bits per heavy atom. The van der Waals surface area contributed by atoms with Crippen LogP contribution in [-0.2, 0) is 9.47 Å². The number of ether oxygens (including phenoxy) is 2. The van der Waals surface area contributed by atoms with Crippen molar-refractivity contribution >= 4 is 0 Å². The zero-order valence-corrected chi connectivity index (χ0v) is 21.7. The maximum absolute atomic E-state index is 11.7. The van der Waals surface area contributed by atoms with Crippen LogP contribution < -0.4 is 0 Å². The number of hydrogen-bond donors (Lipinski definition) is 2. The Kier molecular flexibility index (Phi) is 4.64. The lowest BCUT2D eigenvalue weighted by Gasteiger charge is -2.57. The van der Waals surface area contributed by atoms with Gasteiger partial charge in [0, 0.05) is 10.8 Å². The van der Waals surface area contributed by atoms with Crippen molar-refractivity contribution in [3.8, 4) is 0 Å². The average molecular weight is 459 g/mol. The summed E-state index contributed by atoms with van der Waals surface area (Å²) in [5.41, 5.74) is -0.218. The van der Waals surface area contributed by atoms with Crippen LogP contribution in [0.15, 0.2) is 12.2 Å². The lowest BCUT2D eigenvalue weighted by molar-refractivity contribution is -0.0740. The third-order valence-corrected chi connectivity index (χ3v) is 12.6. The molecule has 4 saturated carbocycles. The third kappa shape index (κ3) is 2.34. The van der Waals surface area contributed by atoms with E-state index in [0.29, 0.717) is 11.8 Å². The zero-order valence-electron chi connectivity index (χ0n) is 21.7. The van der Waals surface area contributed by atoms with Gasteiger partial charge in [0.2, 0.25) is 0 Å². The molecule has 12 unspecified atom stereocenters. The molecule has 2 aliphatic heterocycles. The van der Waals surface area contributed by atoms with Gasteiger partial charge >= 0.3 is 0 Å². The second-order valence-corrected chi connectivity index (χ2v) is 13.9. The number of rotatable bonds is 5. The van der Waals surface area contributed by atoms with E-state index in [0.717, 1.165) is 55.9 Å². The number of aliphatic hydroxyl groups excluding tert-OH is 2. The molecule has 0 bridgehead atoms. The second-order valence-electron chi connectivity index (χ2n) is 13.9. The highest BCUT2D eigenvalue weighted by atomic mass is 16.7. The molecule has 33 heavy (non-hydrogen) atoms. The van der Waals surface area contributed by atoms with Crippen molar-refractivity contribution in [2.24, 2.45) is 40.4 Å². The summed E-state index contributed by atoms with van der Waals surface area (Å²) < 4.78 is 13.8. The fourth-order valence-electron chi connectivity index (χ4n) is 10.3. The minimum Gasteiger partial charge on any atom is -0.390 e. The van der Waals surface area contributed by atoms with Crippen LogP contribution in [0.2, 0.25) is 0 Å². The number of fused-ring (bicyclic) bond motifs is 1. The number of epoxide rings is 2. The van der Waals surface area contributed by atoms with Gasteiger partial charge in [-0.2, -0.15) is 0 Å². The van der Waals surface area contributed by atoms with Crippen molar-refractivity contribution in [3.05, 3.63) is 12.2 Å². The molecule has 12 atom stereocenters. The topological polar surface area (TPSA) is 65.5 Å². The van der Waals surface area contributed by atoms with Gasteiger partial charge < -0.3 is 19.7 Å². The molecular weight excluding hydrogens is 412 g/mol. The molecule has 2 saturated heterocycles. The second kappa shape index (κ2) is 6.66. The number of hydrogen-bond acceptors (Lipinski definition) is 4. The average Bonchev–Trinajstić information content (AvgIpc) is 3.63. The highest BCUT2D eigenvalue weighted by Crippen LogP contribution is 2.88. The molecule has 186 valence electrons. The fraction of sp³-hybridized carbons (Fsp3) is 0.931. The van der Waals surface area contributed by atoms with Crippen LogP contribution in [0.1, 0.15) is 92.9 Å². The van der Waals surface area contributed by atoms with Crippen LogP contribution in [0.4, 0.5) is 0 Å². The minimum absolute atomic E-state index is 0.0358. The first-order valence-corrected chi connectivity index (χ1v) is 13.8. The van der Waals surface area contributed by atoms with Crippen LogP contribution >= 0.6 is 0 Å². The Morgan fingerprint density at radius 2 is 1.73 bits per heavy atom. The molecule has 4 aliphatic carbocycles. The van der Waals surface area contributed by atoms with Crippen molar-refractivity contribution in [2.45, 2.75) is 128 Å². The largest absolute Gasteiger partial charge is 0.390 e. The van der Waals surface area contributed by atoms with Crippen molar-refractivity contribution in [3.63, 3.8) is 0 Å². The van der Waals surface area contributed by atoms with Crippen molar-refractivity contribution < 1.29 is 19.7 Å². The summed E-state index contributed by atoms with van der Waals surface area (Å²) in [7, 11) is 0. The highest BCUT2D eigenvalue weighted by molar-refractivity contribution is 5.49. The van der Waals surface area contributed by atoms with Gasteiger partial charge in [-0.3, -0.25) is 0 Å². The molecule has 0 amide bonds. The van der Waals surface area contributed by atoms with Crippen LogP contribution in [0.25, 0.3) is 0 Å². The molecule has 2 heterocycles. The molecule has 0 radical (unpaired) electrons. The summed E-state index contributed by atoms with van der Waals surface area (Å²) in [6, 6.07) is 0. The molecule has 4 nitrogen and oxygen atoms in total. The molecule has 6 fully saturated rings. The van der Waals surface area contributed by atoms with Crippen molar-refractivity contribution in [1.82, 2.24) is 0 Å². The van der Waals surface area contributed by atoms with Crippen molar-refractivity contribution in [2.75, 3.05) is 0 Å². The Balaban J connectivity index is 1.32. The molecule has 0 aromatic heterocycles. The maximum Gasteiger partial charge on any atom is 0.133 e. The van der Waals surface area contributed by atoms with Gasteiger partial charge in [-0.15, -0.1) is 0 Å². The van der Waals surface area contributed by atoms with Gasteiger partial charge in [0.1, 0.15) is 16.8 Å². The van der Waals surface area contributed by atoms with Gasteiger partial charge in [-0.1, -0.05) is 61.0 Å². The summed E-state index contributed by atoms with van der Waals surface area (Å²) >= 11 is 0. The molecule has 0 aromatic carbocycles. The predicted octanol–water partition coefficient (Wildman–Crippen LogP) is 5.26. The smallest absolute Gasteiger partial charge is 0.133 e. The molecule has 6 rings (SSSR count). The van der Waals surface area contributed by atoms with E-state index >= 15 is 0 Å². The van der Waals surface area contributed by atoms with E-state index in [4.69, 9.17) is 9.47 Å². The molecule has 2 N–H and O–H groups in total. The van der Waals surface area contributed by atoms with E-state index in [1.165, 1.54) is 12.8 Å². The van der Waals surface area contributed by atoms with Gasteiger partial charge in [0.25, 0.3) is 0 Å². The van der Waals surface area contributed by atoms with Gasteiger partial charge in [-0.05, 0) is 73.7 Å². The SMILES string of the molecule is C=C1C(O)CCC2(C)C1CCC13OC14C(O)CC(C(C)CCC(C)C(C)C)C4(C)CC1OC123. The quantitative estimate of drug-likeness (QED) is 0.436. The summed E-state index contributed by atoms with van der Waals surface area (Å²) in [6.45, 7) is 18.6.